The van der Waals surface area contributed by atoms with Crippen LogP contribution in [0.25, 0.3) is 0 Å². The van der Waals surface area contributed by atoms with Gasteiger partial charge in [0.15, 0.2) is 0 Å². The zero-order chi connectivity index (χ0) is 13.4. The van der Waals surface area contributed by atoms with Crippen LogP contribution in [0.15, 0.2) is 0 Å². The topological polar surface area (TPSA) is 58.2 Å². The third-order valence-corrected chi connectivity index (χ3v) is 5.27. The maximum Gasteiger partial charge on any atom is 0.211 e. The Hall–Kier alpha value is -0.130. The van der Waals surface area contributed by atoms with E-state index in [1.54, 1.807) is 0 Å². The lowest BCUT2D eigenvalue weighted by molar-refractivity contribution is 0.399. The Kier molecular flexibility index (Phi) is 7.19. The Bertz CT molecular complexity index is 317. The van der Waals surface area contributed by atoms with Gasteiger partial charge in [-0.2, -0.15) is 0 Å². The first-order valence-corrected chi connectivity index (χ1v) is 8.85. The van der Waals surface area contributed by atoms with Gasteiger partial charge < -0.3 is 5.32 Å². The molecule has 1 aliphatic carbocycles. The molecule has 4 nitrogen and oxygen atoms in total. The smallest absolute Gasteiger partial charge is 0.211 e. The molecule has 0 aromatic carbocycles. The van der Waals surface area contributed by atoms with Crippen LogP contribution in [0.2, 0.25) is 0 Å². The predicted molar refractivity (Wildman–Crippen MR) is 76.1 cm³/mol. The summed E-state index contributed by atoms with van der Waals surface area (Å²) < 4.78 is 26.9. The monoisotopic (exact) mass is 276 g/mol. The first-order valence-electron chi connectivity index (χ1n) is 7.20. The Morgan fingerprint density at radius 1 is 1.11 bits per heavy atom. The number of hydrogen-bond acceptors (Lipinski definition) is 3. The van der Waals surface area contributed by atoms with Gasteiger partial charge in [0.1, 0.15) is 0 Å². The van der Waals surface area contributed by atoms with Gasteiger partial charge >= 0.3 is 0 Å². The molecule has 0 aliphatic heterocycles. The van der Waals surface area contributed by atoms with E-state index >= 15 is 0 Å². The van der Waals surface area contributed by atoms with Crippen molar-refractivity contribution in [1.29, 1.82) is 0 Å². The molecule has 0 spiro atoms. The van der Waals surface area contributed by atoms with Gasteiger partial charge in [-0.15, -0.1) is 0 Å². The van der Waals surface area contributed by atoms with Crippen molar-refractivity contribution in [2.75, 3.05) is 19.3 Å². The third-order valence-electron chi connectivity index (χ3n) is 3.78. The van der Waals surface area contributed by atoms with Crippen LogP contribution in [-0.2, 0) is 10.0 Å². The van der Waals surface area contributed by atoms with Gasteiger partial charge in [-0.25, -0.2) is 13.1 Å². The lowest BCUT2D eigenvalue weighted by atomic mass is 9.98. The Labute approximate surface area is 112 Å². The van der Waals surface area contributed by atoms with Crippen molar-refractivity contribution < 1.29 is 8.42 Å². The maximum absolute atomic E-state index is 12.0. The molecule has 2 atom stereocenters. The van der Waals surface area contributed by atoms with E-state index in [1.165, 1.54) is 12.8 Å². The van der Waals surface area contributed by atoms with Crippen LogP contribution in [-0.4, -0.2) is 33.8 Å². The highest BCUT2D eigenvalue weighted by Crippen LogP contribution is 2.23. The van der Waals surface area contributed by atoms with E-state index in [9.17, 15) is 8.42 Å². The number of sulfonamides is 1. The van der Waals surface area contributed by atoms with E-state index in [4.69, 9.17) is 0 Å². The second-order valence-electron chi connectivity index (χ2n) is 5.47. The summed E-state index contributed by atoms with van der Waals surface area (Å²) in [5.41, 5.74) is 0. The van der Waals surface area contributed by atoms with E-state index in [1.807, 2.05) is 7.05 Å². The third kappa shape index (κ3) is 6.16. The molecule has 18 heavy (non-hydrogen) atoms. The van der Waals surface area contributed by atoms with E-state index in [0.29, 0.717) is 5.92 Å². The average Bonchev–Trinajstić information content (AvgIpc) is 2.50. The summed E-state index contributed by atoms with van der Waals surface area (Å²) in [4.78, 5) is 0. The van der Waals surface area contributed by atoms with Crippen LogP contribution in [0, 0.1) is 5.92 Å². The fourth-order valence-electron chi connectivity index (χ4n) is 2.55. The summed E-state index contributed by atoms with van der Waals surface area (Å²) in [5.74, 6) is 0.734. The highest BCUT2D eigenvalue weighted by Gasteiger charge is 2.24. The first-order chi connectivity index (χ1) is 8.55. The number of hydrogen-bond donors (Lipinski definition) is 2. The molecule has 0 amide bonds. The van der Waals surface area contributed by atoms with E-state index < -0.39 is 10.0 Å². The molecule has 1 rings (SSSR count). The first kappa shape index (κ1) is 15.9. The molecule has 0 aromatic rings. The van der Waals surface area contributed by atoms with Gasteiger partial charge in [0.05, 0.1) is 5.75 Å². The van der Waals surface area contributed by atoms with E-state index in [0.717, 1.165) is 38.6 Å². The standard InChI is InChI=1S/C13H28N2O2S/c1-12-8-4-3-5-9-13(12)15-18(16,17)11-7-6-10-14-2/h12-15H,3-11H2,1-2H3. The van der Waals surface area contributed by atoms with E-state index in [2.05, 4.69) is 17.0 Å². The quantitative estimate of drug-likeness (QED) is 0.551. The van der Waals surface area contributed by atoms with Crippen LogP contribution in [0.1, 0.15) is 51.9 Å². The molecule has 0 radical (unpaired) electrons. The maximum atomic E-state index is 12.0. The molecule has 2 N–H and O–H groups in total. The van der Waals surface area contributed by atoms with E-state index in [-0.39, 0.29) is 11.8 Å². The summed E-state index contributed by atoms with van der Waals surface area (Å²) in [6, 6.07) is 0.154. The predicted octanol–water partition coefficient (Wildman–Crippen LogP) is 1.87. The van der Waals surface area contributed by atoms with Crippen molar-refractivity contribution >= 4 is 10.0 Å². The number of rotatable bonds is 7. The minimum atomic E-state index is -3.09. The Balaban J connectivity index is 2.38. The molecule has 108 valence electrons. The zero-order valence-corrected chi connectivity index (χ0v) is 12.6. The highest BCUT2D eigenvalue weighted by molar-refractivity contribution is 7.89. The van der Waals surface area contributed by atoms with Gasteiger partial charge in [0.2, 0.25) is 10.0 Å². The molecule has 1 aliphatic rings. The molecule has 0 bridgehead atoms. The molecule has 0 heterocycles. The second-order valence-corrected chi connectivity index (χ2v) is 7.34. The van der Waals surface area contributed by atoms with Crippen molar-refractivity contribution in [3.05, 3.63) is 0 Å². The summed E-state index contributed by atoms with van der Waals surface area (Å²) >= 11 is 0. The van der Waals surface area contributed by atoms with Crippen LogP contribution in [0.3, 0.4) is 0 Å². The van der Waals surface area contributed by atoms with Crippen LogP contribution in [0.4, 0.5) is 0 Å². The van der Waals surface area contributed by atoms with Crippen molar-refractivity contribution in [1.82, 2.24) is 10.0 Å². The van der Waals surface area contributed by atoms with Crippen molar-refractivity contribution in [3.63, 3.8) is 0 Å². The average molecular weight is 276 g/mol. The van der Waals surface area contributed by atoms with Crippen LogP contribution < -0.4 is 10.0 Å². The van der Waals surface area contributed by atoms with Crippen molar-refractivity contribution in [2.45, 2.75) is 57.9 Å². The molecular weight excluding hydrogens is 248 g/mol. The van der Waals surface area contributed by atoms with Gasteiger partial charge in [-0.3, -0.25) is 0 Å². The summed E-state index contributed by atoms with van der Waals surface area (Å²) in [6.07, 6.45) is 7.42. The summed E-state index contributed by atoms with van der Waals surface area (Å²) in [5, 5.41) is 3.04. The Morgan fingerprint density at radius 2 is 1.83 bits per heavy atom. The van der Waals surface area contributed by atoms with Gasteiger partial charge in [0.25, 0.3) is 0 Å². The van der Waals surface area contributed by atoms with Gasteiger partial charge in [-0.1, -0.05) is 26.2 Å². The summed E-state index contributed by atoms with van der Waals surface area (Å²) in [7, 11) is -1.20. The molecule has 0 saturated heterocycles. The SMILES string of the molecule is CNCCCCS(=O)(=O)NC1CCCCCC1C. The summed E-state index contributed by atoms with van der Waals surface area (Å²) in [6.45, 7) is 3.05. The molecule has 1 fully saturated rings. The lowest BCUT2D eigenvalue weighted by Gasteiger charge is -2.22. The number of nitrogens with one attached hydrogen (secondary N) is 2. The molecule has 5 heteroatoms. The fourth-order valence-corrected chi connectivity index (χ4v) is 4.06. The normalized spacial score (nSPS) is 25.9. The molecule has 2 unspecified atom stereocenters. The number of unbranched alkanes of at least 4 members (excludes halogenated alkanes) is 1. The second kappa shape index (κ2) is 8.12. The molecular formula is C13H28N2O2S. The Morgan fingerprint density at radius 3 is 2.56 bits per heavy atom. The minimum Gasteiger partial charge on any atom is -0.320 e. The van der Waals surface area contributed by atoms with Crippen molar-refractivity contribution in [2.24, 2.45) is 5.92 Å². The molecule has 1 saturated carbocycles. The van der Waals surface area contributed by atoms with Crippen LogP contribution >= 0.6 is 0 Å². The highest BCUT2D eigenvalue weighted by atomic mass is 32.2. The molecule has 0 aromatic heterocycles. The van der Waals surface area contributed by atoms with Gasteiger partial charge in [-0.05, 0) is 45.2 Å². The fraction of sp³-hybridized carbons (Fsp3) is 1.00. The van der Waals surface area contributed by atoms with Crippen molar-refractivity contribution in [3.8, 4) is 0 Å². The van der Waals surface area contributed by atoms with Gasteiger partial charge in [0, 0.05) is 6.04 Å². The largest absolute Gasteiger partial charge is 0.320 e. The minimum absolute atomic E-state index is 0.154. The zero-order valence-electron chi connectivity index (χ0n) is 11.7. The van der Waals surface area contributed by atoms with Crippen LogP contribution in [0.5, 0.6) is 0 Å². The lowest BCUT2D eigenvalue weighted by Crippen LogP contribution is -2.40.